The van der Waals surface area contributed by atoms with Crippen LogP contribution in [0.5, 0.6) is 0 Å². The van der Waals surface area contributed by atoms with Crippen molar-refractivity contribution in [1.82, 2.24) is 9.55 Å². The molecule has 0 saturated carbocycles. The first-order chi connectivity index (χ1) is 10.3. The third kappa shape index (κ3) is 3.47. The van der Waals surface area contributed by atoms with Gasteiger partial charge in [0.1, 0.15) is 18.1 Å². The Balaban J connectivity index is 1.68. The number of nitrogen functional groups attached to an aromatic ring is 1. The average molecular weight is 329 g/mol. The monoisotopic (exact) mass is 329 g/mol. The van der Waals surface area contributed by atoms with Gasteiger partial charge in [0.05, 0.1) is 18.3 Å². The molecule has 0 amide bonds. The SMILES string of the molecule is CC(C)(C)OP1OC[C@H]2O[C@@H](n3ccc(N)nc3=O)C[C@@H]2O1. The van der Waals surface area contributed by atoms with Gasteiger partial charge in [-0.1, -0.05) is 0 Å². The van der Waals surface area contributed by atoms with Crippen molar-refractivity contribution in [2.75, 3.05) is 12.3 Å². The van der Waals surface area contributed by atoms with Crippen molar-refractivity contribution in [2.24, 2.45) is 0 Å². The lowest BCUT2D eigenvalue weighted by Gasteiger charge is -2.32. The van der Waals surface area contributed by atoms with E-state index >= 15 is 0 Å². The summed E-state index contributed by atoms with van der Waals surface area (Å²) in [5.41, 5.74) is 4.73. The number of hydrogen-bond acceptors (Lipinski definition) is 7. The minimum absolute atomic E-state index is 0.156. The van der Waals surface area contributed by atoms with Crippen molar-refractivity contribution >= 4 is 14.4 Å². The van der Waals surface area contributed by atoms with Crippen molar-refractivity contribution in [2.45, 2.75) is 51.2 Å². The minimum Gasteiger partial charge on any atom is -0.383 e. The highest BCUT2D eigenvalue weighted by atomic mass is 31.2. The lowest BCUT2D eigenvalue weighted by atomic mass is 10.2. The number of nitrogens with zero attached hydrogens (tertiary/aromatic N) is 2. The lowest BCUT2D eigenvalue weighted by Crippen LogP contribution is -2.33. The van der Waals surface area contributed by atoms with Crippen LogP contribution >= 0.6 is 8.60 Å². The number of ether oxygens (including phenoxy) is 1. The van der Waals surface area contributed by atoms with E-state index in [4.69, 9.17) is 24.0 Å². The zero-order chi connectivity index (χ0) is 15.9. The van der Waals surface area contributed by atoms with Gasteiger partial charge in [-0.05, 0) is 26.8 Å². The molecule has 0 aliphatic carbocycles. The predicted octanol–water partition coefficient (Wildman–Crippen LogP) is 1.57. The fourth-order valence-electron chi connectivity index (χ4n) is 2.32. The number of fused-ring (bicyclic) bond motifs is 1. The van der Waals surface area contributed by atoms with Crippen LogP contribution < -0.4 is 11.4 Å². The highest BCUT2D eigenvalue weighted by Crippen LogP contribution is 2.51. The van der Waals surface area contributed by atoms with Crippen LogP contribution in [0.25, 0.3) is 0 Å². The Bertz CT molecular complexity index is 602. The molecule has 3 heterocycles. The lowest BCUT2D eigenvalue weighted by molar-refractivity contribution is -0.0689. The molecule has 122 valence electrons. The van der Waals surface area contributed by atoms with Crippen LogP contribution in [0, 0.1) is 0 Å². The van der Waals surface area contributed by atoms with E-state index in [-0.39, 0.29) is 23.6 Å². The molecule has 4 atom stereocenters. The number of aromatic nitrogens is 2. The number of hydrogen-bond donors (Lipinski definition) is 1. The Morgan fingerprint density at radius 1 is 1.45 bits per heavy atom. The standard InChI is InChI=1S/C13H20N3O5P/c1-13(2,3)21-22-18-7-9-8(20-22)6-11(19-9)16-5-4-10(14)15-12(16)17/h4-5,8-9,11H,6-7H2,1-3H3,(H2,14,15,17)/t8-,9+,11+,22?/m0/s1. The number of anilines is 1. The molecule has 1 unspecified atom stereocenters. The molecule has 0 aromatic carbocycles. The van der Waals surface area contributed by atoms with E-state index in [0.29, 0.717) is 13.0 Å². The molecule has 22 heavy (non-hydrogen) atoms. The van der Waals surface area contributed by atoms with Crippen LogP contribution in [-0.2, 0) is 18.3 Å². The molecular weight excluding hydrogens is 309 g/mol. The van der Waals surface area contributed by atoms with Gasteiger partial charge in [0.2, 0.25) is 0 Å². The average Bonchev–Trinajstić information content (AvgIpc) is 2.79. The van der Waals surface area contributed by atoms with Crippen LogP contribution in [0.4, 0.5) is 5.82 Å². The fraction of sp³-hybridized carbons (Fsp3) is 0.692. The van der Waals surface area contributed by atoms with Crippen molar-refractivity contribution in [3.05, 3.63) is 22.7 Å². The van der Waals surface area contributed by atoms with Crippen LogP contribution in [0.15, 0.2) is 17.1 Å². The van der Waals surface area contributed by atoms with Crippen molar-refractivity contribution in [1.29, 1.82) is 0 Å². The first-order valence-electron chi connectivity index (χ1n) is 7.11. The summed E-state index contributed by atoms with van der Waals surface area (Å²) >= 11 is 0. The zero-order valence-electron chi connectivity index (χ0n) is 12.8. The van der Waals surface area contributed by atoms with Gasteiger partial charge in [0, 0.05) is 12.6 Å². The second-order valence-electron chi connectivity index (χ2n) is 6.27. The van der Waals surface area contributed by atoms with Crippen LogP contribution in [0.1, 0.15) is 33.4 Å². The van der Waals surface area contributed by atoms with E-state index in [1.807, 2.05) is 20.8 Å². The van der Waals surface area contributed by atoms with Crippen LogP contribution in [-0.4, -0.2) is 34.0 Å². The van der Waals surface area contributed by atoms with E-state index in [1.54, 1.807) is 12.3 Å². The van der Waals surface area contributed by atoms with Crippen molar-refractivity contribution in [3.63, 3.8) is 0 Å². The van der Waals surface area contributed by atoms with Gasteiger partial charge in [-0.3, -0.25) is 4.57 Å². The van der Waals surface area contributed by atoms with Gasteiger partial charge in [-0.15, -0.1) is 0 Å². The summed E-state index contributed by atoms with van der Waals surface area (Å²) in [4.78, 5) is 15.6. The van der Waals surface area contributed by atoms with Crippen LogP contribution in [0.3, 0.4) is 0 Å². The summed E-state index contributed by atoms with van der Waals surface area (Å²) in [6.07, 6.45) is 1.34. The molecule has 2 fully saturated rings. The second-order valence-corrected chi connectivity index (χ2v) is 7.37. The third-order valence-corrected chi connectivity index (χ3v) is 4.76. The Morgan fingerprint density at radius 3 is 2.91 bits per heavy atom. The summed E-state index contributed by atoms with van der Waals surface area (Å²) in [6.45, 7) is 6.23. The van der Waals surface area contributed by atoms with E-state index < -0.39 is 20.5 Å². The molecule has 0 bridgehead atoms. The van der Waals surface area contributed by atoms with Gasteiger partial charge < -0.3 is 24.0 Å². The smallest absolute Gasteiger partial charge is 0.351 e. The van der Waals surface area contributed by atoms with Crippen molar-refractivity contribution in [3.8, 4) is 0 Å². The summed E-state index contributed by atoms with van der Waals surface area (Å²) < 4.78 is 24.4. The summed E-state index contributed by atoms with van der Waals surface area (Å²) in [5.74, 6) is 0.193. The van der Waals surface area contributed by atoms with E-state index in [1.165, 1.54) is 4.57 Å². The second kappa shape index (κ2) is 5.86. The molecule has 1 aromatic heterocycles. The quantitative estimate of drug-likeness (QED) is 0.822. The summed E-state index contributed by atoms with van der Waals surface area (Å²) in [6, 6.07) is 1.57. The van der Waals surface area contributed by atoms with Gasteiger partial charge in [0.15, 0.2) is 0 Å². The minimum atomic E-state index is -1.40. The molecule has 3 rings (SSSR count). The predicted molar refractivity (Wildman–Crippen MR) is 80.0 cm³/mol. The van der Waals surface area contributed by atoms with Crippen LogP contribution in [0.2, 0.25) is 0 Å². The van der Waals surface area contributed by atoms with E-state index in [2.05, 4.69) is 4.98 Å². The topological polar surface area (TPSA) is 97.8 Å². The normalized spacial score (nSPS) is 32.0. The molecule has 2 aliphatic rings. The van der Waals surface area contributed by atoms with Crippen molar-refractivity contribution < 1.29 is 18.3 Å². The maximum atomic E-state index is 11.9. The molecule has 2 N–H and O–H groups in total. The fourth-order valence-corrected chi connectivity index (χ4v) is 3.64. The summed E-state index contributed by atoms with van der Waals surface area (Å²) in [5, 5.41) is 0. The molecule has 2 aliphatic heterocycles. The molecule has 2 saturated heterocycles. The molecule has 1 aromatic rings. The van der Waals surface area contributed by atoms with Gasteiger partial charge in [0.25, 0.3) is 0 Å². The zero-order valence-corrected chi connectivity index (χ0v) is 13.7. The maximum Gasteiger partial charge on any atom is 0.351 e. The first kappa shape index (κ1) is 15.8. The van der Waals surface area contributed by atoms with E-state index in [0.717, 1.165) is 0 Å². The van der Waals surface area contributed by atoms with Gasteiger partial charge in [-0.25, -0.2) is 4.79 Å². The Kier molecular flexibility index (Phi) is 4.22. The molecule has 8 nitrogen and oxygen atoms in total. The Morgan fingerprint density at radius 2 is 2.23 bits per heavy atom. The highest BCUT2D eigenvalue weighted by Gasteiger charge is 2.44. The third-order valence-electron chi connectivity index (χ3n) is 3.26. The summed E-state index contributed by atoms with van der Waals surface area (Å²) in [7, 11) is -1.40. The maximum absolute atomic E-state index is 11.9. The van der Waals surface area contributed by atoms with E-state index in [9.17, 15) is 4.79 Å². The molecule has 0 spiro atoms. The molecule has 0 radical (unpaired) electrons. The largest absolute Gasteiger partial charge is 0.383 e. The Hall–Kier alpha value is -1.05. The molecule has 9 heteroatoms. The Labute approximate surface area is 129 Å². The van der Waals surface area contributed by atoms with Gasteiger partial charge in [-0.2, -0.15) is 4.98 Å². The highest BCUT2D eigenvalue weighted by molar-refractivity contribution is 7.41. The van der Waals surface area contributed by atoms with Gasteiger partial charge >= 0.3 is 14.3 Å². The first-order valence-corrected chi connectivity index (χ1v) is 8.20. The molecular formula is C13H20N3O5P. The number of rotatable bonds is 2. The number of nitrogens with two attached hydrogens (primary N) is 1.